The van der Waals surface area contributed by atoms with Crippen LogP contribution in [0.5, 0.6) is 0 Å². The third-order valence-corrected chi connectivity index (χ3v) is 1.60. The van der Waals surface area contributed by atoms with Crippen LogP contribution in [-0.2, 0) is 4.74 Å². The lowest BCUT2D eigenvalue weighted by molar-refractivity contribution is 0.347. The molecule has 0 aromatic carbocycles. The number of ether oxygens (including phenoxy) is 1. The molecule has 0 saturated carbocycles. The molecular formula is C14H19NO. The number of hydrogen-bond acceptors (Lipinski definition) is 2. The fraction of sp³-hybridized carbons (Fsp3) is 0.214. The lowest BCUT2D eigenvalue weighted by Gasteiger charge is -2.05. The van der Waals surface area contributed by atoms with Gasteiger partial charge >= 0.3 is 0 Å². The topological polar surface area (TPSA) is 21.6 Å². The molecule has 0 atom stereocenters. The third-order valence-electron chi connectivity index (χ3n) is 1.60. The van der Waals surface area contributed by atoms with Gasteiger partial charge in [0, 0.05) is 7.05 Å². The van der Waals surface area contributed by atoms with E-state index in [1.807, 2.05) is 50.3 Å². The summed E-state index contributed by atoms with van der Waals surface area (Å²) in [7, 11) is 1.70. The van der Waals surface area contributed by atoms with Gasteiger partial charge in [-0.3, -0.25) is 4.99 Å². The molecule has 0 saturated heterocycles. The fourth-order valence-corrected chi connectivity index (χ4v) is 0.893. The molecule has 2 heteroatoms. The largest absolute Gasteiger partial charge is 0.456 e. The summed E-state index contributed by atoms with van der Waals surface area (Å²) in [5, 5.41) is 0. The summed E-state index contributed by atoms with van der Waals surface area (Å²) in [5.74, 6) is 1.37. The van der Waals surface area contributed by atoms with Crippen molar-refractivity contribution in [2.24, 2.45) is 4.99 Å². The molecule has 0 fully saturated rings. The van der Waals surface area contributed by atoms with Crippen LogP contribution in [0.2, 0.25) is 0 Å². The van der Waals surface area contributed by atoms with E-state index >= 15 is 0 Å². The monoisotopic (exact) mass is 217 g/mol. The predicted octanol–water partition coefficient (Wildman–Crippen LogP) is 3.81. The van der Waals surface area contributed by atoms with Gasteiger partial charge < -0.3 is 4.74 Å². The Hall–Kier alpha value is -1.83. The predicted molar refractivity (Wildman–Crippen MR) is 71.5 cm³/mol. The van der Waals surface area contributed by atoms with Gasteiger partial charge in [-0.1, -0.05) is 30.9 Å². The summed E-state index contributed by atoms with van der Waals surface area (Å²) in [4.78, 5) is 3.92. The Morgan fingerprint density at radius 1 is 1.06 bits per heavy atom. The Balaban J connectivity index is 4.78. The molecule has 0 radical (unpaired) electrons. The molecule has 0 aliphatic rings. The molecule has 0 heterocycles. The number of hydrogen-bond donors (Lipinski definition) is 0. The molecule has 0 N–H and O–H groups in total. The van der Waals surface area contributed by atoms with Gasteiger partial charge in [0.25, 0.3) is 0 Å². The average molecular weight is 217 g/mol. The molecule has 16 heavy (non-hydrogen) atoms. The van der Waals surface area contributed by atoms with Gasteiger partial charge in [-0.05, 0) is 32.1 Å². The van der Waals surface area contributed by atoms with Crippen LogP contribution in [0.15, 0.2) is 65.6 Å². The van der Waals surface area contributed by atoms with E-state index in [0.29, 0.717) is 11.5 Å². The maximum atomic E-state index is 5.60. The van der Waals surface area contributed by atoms with Gasteiger partial charge in [0.05, 0.1) is 6.21 Å². The van der Waals surface area contributed by atoms with Crippen molar-refractivity contribution >= 4 is 6.21 Å². The van der Waals surface area contributed by atoms with E-state index in [4.69, 9.17) is 4.74 Å². The molecule has 0 aromatic heterocycles. The first-order chi connectivity index (χ1) is 7.78. The summed E-state index contributed by atoms with van der Waals surface area (Å²) in [6.07, 6.45) is 14.7. The Labute approximate surface area is 98.0 Å². The highest BCUT2D eigenvalue weighted by molar-refractivity contribution is 5.76. The smallest absolute Gasteiger partial charge is 0.145 e. The molecule has 0 bridgehead atoms. The van der Waals surface area contributed by atoms with Crippen LogP contribution < -0.4 is 0 Å². The highest BCUT2D eigenvalue weighted by Gasteiger charge is 1.95. The van der Waals surface area contributed by atoms with Crippen molar-refractivity contribution in [2.45, 2.75) is 13.8 Å². The van der Waals surface area contributed by atoms with Crippen LogP contribution in [0, 0.1) is 0 Å². The Morgan fingerprint density at radius 2 is 1.62 bits per heavy atom. The summed E-state index contributed by atoms with van der Waals surface area (Å²) >= 11 is 0. The van der Waals surface area contributed by atoms with Crippen molar-refractivity contribution in [3.63, 3.8) is 0 Å². The second-order valence-corrected chi connectivity index (χ2v) is 2.88. The van der Waals surface area contributed by atoms with E-state index in [2.05, 4.69) is 11.6 Å². The Bertz CT molecular complexity index is 344. The van der Waals surface area contributed by atoms with Gasteiger partial charge in [0.2, 0.25) is 0 Å². The highest BCUT2D eigenvalue weighted by atomic mass is 16.5. The standard InChI is InChI=1S/C14H19NO/c1-5-8-10-13(7-3)16-14(12-15-4)11-9-6-2/h5-12H,3H2,1-2,4H3/b8-5-,9-6-,13-10+,14-11+,15-12?. The summed E-state index contributed by atoms with van der Waals surface area (Å²) in [6.45, 7) is 7.58. The lowest BCUT2D eigenvalue weighted by Crippen LogP contribution is -1.92. The van der Waals surface area contributed by atoms with E-state index < -0.39 is 0 Å². The van der Waals surface area contributed by atoms with Gasteiger partial charge in [0.15, 0.2) is 0 Å². The van der Waals surface area contributed by atoms with Crippen molar-refractivity contribution in [1.82, 2.24) is 0 Å². The van der Waals surface area contributed by atoms with Gasteiger partial charge in [-0.15, -0.1) is 0 Å². The van der Waals surface area contributed by atoms with Crippen LogP contribution in [-0.4, -0.2) is 13.3 Å². The van der Waals surface area contributed by atoms with Crippen molar-refractivity contribution in [2.75, 3.05) is 7.05 Å². The third kappa shape index (κ3) is 6.60. The highest BCUT2D eigenvalue weighted by Crippen LogP contribution is 2.06. The van der Waals surface area contributed by atoms with Crippen LogP contribution in [0.25, 0.3) is 0 Å². The first-order valence-corrected chi connectivity index (χ1v) is 5.16. The zero-order chi connectivity index (χ0) is 12.2. The molecule has 0 unspecified atom stereocenters. The van der Waals surface area contributed by atoms with Gasteiger partial charge in [-0.25, -0.2) is 0 Å². The van der Waals surface area contributed by atoms with Crippen molar-refractivity contribution in [1.29, 1.82) is 0 Å². The van der Waals surface area contributed by atoms with E-state index in [0.717, 1.165) is 0 Å². The first-order valence-electron chi connectivity index (χ1n) is 5.16. The average Bonchev–Trinajstić information content (AvgIpc) is 2.31. The zero-order valence-electron chi connectivity index (χ0n) is 10.2. The number of allylic oxidation sites excluding steroid dienone is 8. The molecule has 2 nitrogen and oxygen atoms in total. The van der Waals surface area contributed by atoms with Crippen LogP contribution >= 0.6 is 0 Å². The lowest BCUT2D eigenvalue weighted by atomic mass is 10.3. The maximum Gasteiger partial charge on any atom is 0.145 e. The number of aliphatic imine (C=N–C) groups is 1. The molecule has 0 rings (SSSR count). The van der Waals surface area contributed by atoms with Gasteiger partial charge in [-0.2, -0.15) is 0 Å². The molecule has 0 aliphatic carbocycles. The quantitative estimate of drug-likeness (QED) is 0.376. The first kappa shape index (κ1) is 14.2. The zero-order valence-corrected chi connectivity index (χ0v) is 10.2. The fourth-order valence-electron chi connectivity index (χ4n) is 0.893. The number of nitrogens with zero attached hydrogens (tertiary/aromatic N) is 1. The molecule has 0 amide bonds. The van der Waals surface area contributed by atoms with Crippen LogP contribution in [0.1, 0.15) is 13.8 Å². The minimum Gasteiger partial charge on any atom is -0.456 e. The van der Waals surface area contributed by atoms with Crippen molar-refractivity contribution < 1.29 is 4.74 Å². The Morgan fingerprint density at radius 3 is 2.06 bits per heavy atom. The van der Waals surface area contributed by atoms with E-state index in [9.17, 15) is 0 Å². The second kappa shape index (κ2) is 9.71. The molecule has 0 spiro atoms. The molecular weight excluding hydrogens is 198 g/mol. The molecule has 0 aliphatic heterocycles. The molecule has 0 aromatic rings. The SMILES string of the molecule is C=C/C(=C\C=C/C)O/C(C=NC)=C/C=C\C. The summed E-state index contributed by atoms with van der Waals surface area (Å²) in [5.41, 5.74) is 0. The summed E-state index contributed by atoms with van der Waals surface area (Å²) < 4.78 is 5.60. The number of rotatable bonds is 6. The Kier molecular flexibility index (Phi) is 8.60. The summed E-state index contributed by atoms with van der Waals surface area (Å²) in [6, 6.07) is 0. The minimum atomic E-state index is 0.677. The minimum absolute atomic E-state index is 0.677. The van der Waals surface area contributed by atoms with Crippen LogP contribution in [0.4, 0.5) is 0 Å². The van der Waals surface area contributed by atoms with E-state index in [-0.39, 0.29) is 0 Å². The van der Waals surface area contributed by atoms with Crippen LogP contribution in [0.3, 0.4) is 0 Å². The van der Waals surface area contributed by atoms with E-state index in [1.165, 1.54) is 0 Å². The second-order valence-electron chi connectivity index (χ2n) is 2.88. The van der Waals surface area contributed by atoms with Crippen molar-refractivity contribution in [3.8, 4) is 0 Å². The van der Waals surface area contributed by atoms with E-state index in [1.54, 1.807) is 19.3 Å². The maximum absolute atomic E-state index is 5.60. The normalized spacial score (nSPS) is 14.2. The van der Waals surface area contributed by atoms with Crippen molar-refractivity contribution in [3.05, 3.63) is 60.6 Å². The molecule has 86 valence electrons. The van der Waals surface area contributed by atoms with Gasteiger partial charge in [0.1, 0.15) is 11.5 Å².